The van der Waals surface area contributed by atoms with Crippen molar-refractivity contribution in [1.29, 1.82) is 0 Å². The first-order valence-corrected chi connectivity index (χ1v) is 9.39. The minimum absolute atomic E-state index is 0.0978. The summed E-state index contributed by atoms with van der Waals surface area (Å²) < 4.78 is 5.88. The molecule has 27 heavy (non-hydrogen) atoms. The summed E-state index contributed by atoms with van der Waals surface area (Å²) in [7, 11) is 0. The maximum absolute atomic E-state index is 12.2. The predicted molar refractivity (Wildman–Crippen MR) is 102 cm³/mol. The van der Waals surface area contributed by atoms with Crippen molar-refractivity contribution in [3.05, 3.63) is 70.1 Å². The lowest BCUT2D eigenvalue weighted by molar-refractivity contribution is -0.255. The van der Waals surface area contributed by atoms with Crippen molar-refractivity contribution in [2.75, 3.05) is 0 Å². The van der Waals surface area contributed by atoms with Gasteiger partial charge in [-0.15, -0.1) is 11.3 Å². The van der Waals surface area contributed by atoms with Gasteiger partial charge in [0.15, 0.2) is 5.78 Å². The molecule has 2 heterocycles. The third kappa shape index (κ3) is 4.23. The minimum Gasteiger partial charge on any atom is -0.545 e. The molecular formula is C21H18NO4S-. The monoisotopic (exact) mass is 380 g/mol. The van der Waals surface area contributed by atoms with Crippen molar-refractivity contribution in [2.45, 2.75) is 26.9 Å². The largest absolute Gasteiger partial charge is 0.545 e. The van der Waals surface area contributed by atoms with E-state index in [-0.39, 0.29) is 18.0 Å². The molecule has 0 radical (unpaired) electrons. The quantitative estimate of drug-likeness (QED) is 0.586. The number of hydrogen-bond acceptors (Lipinski definition) is 6. The summed E-state index contributed by atoms with van der Waals surface area (Å²) in [4.78, 5) is 28.6. The van der Waals surface area contributed by atoms with Crippen molar-refractivity contribution >= 4 is 23.1 Å². The van der Waals surface area contributed by atoms with Gasteiger partial charge in [0.2, 0.25) is 5.88 Å². The van der Waals surface area contributed by atoms with Crippen LogP contribution in [0.5, 0.6) is 5.88 Å². The third-order valence-corrected chi connectivity index (χ3v) is 5.03. The molecule has 0 aliphatic heterocycles. The number of aromatic carboxylic acids is 1. The van der Waals surface area contributed by atoms with Crippen LogP contribution in [0.25, 0.3) is 10.6 Å². The number of aromatic nitrogens is 1. The molecule has 0 aliphatic rings. The topological polar surface area (TPSA) is 79.3 Å². The maximum Gasteiger partial charge on any atom is 0.225 e. The molecule has 0 bridgehead atoms. The molecule has 0 N–H and O–H groups in total. The molecule has 2 aromatic heterocycles. The molecule has 138 valence electrons. The number of carbonyl (C=O) groups is 2. The van der Waals surface area contributed by atoms with Crippen LogP contribution in [0.15, 0.2) is 47.8 Å². The molecule has 0 atom stereocenters. The van der Waals surface area contributed by atoms with Gasteiger partial charge in [-0.1, -0.05) is 37.3 Å². The van der Waals surface area contributed by atoms with Gasteiger partial charge in [-0.2, -0.15) is 0 Å². The summed E-state index contributed by atoms with van der Waals surface area (Å²) in [6.45, 7) is 3.67. The number of benzene rings is 1. The van der Waals surface area contributed by atoms with Crippen LogP contribution < -0.4 is 9.84 Å². The molecule has 0 amide bonds. The molecule has 0 saturated heterocycles. The Morgan fingerprint density at radius 1 is 1.19 bits per heavy atom. The number of carboxylic acids is 1. The van der Waals surface area contributed by atoms with E-state index in [0.717, 1.165) is 21.7 Å². The fourth-order valence-electron chi connectivity index (χ4n) is 2.77. The van der Waals surface area contributed by atoms with Crippen LogP contribution in [0.3, 0.4) is 0 Å². The smallest absolute Gasteiger partial charge is 0.225 e. The van der Waals surface area contributed by atoms with E-state index in [4.69, 9.17) is 4.74 Å². The number of ether oxygens (including phenoxy) is 1. The molecule has 0 spiro atoms. The molecular weight excluding hydrogens is 362 g/mol. The van der Waals surface area contributed by atoms with E-state index in [1.807, 2.05) is 30.5 Å². The standard InChI is InChI=1S/C21H19NO4S/c1-3-15-11-17(18-5-4-10-27-18)22-20(19(15)13(2)23)26-12-14-6-8-16(9-7-14)21(24)25/h4-11H,3,12H2,1-2H3,(H,24,25)/p-1. The number of carbonyl (C=O) groups excluding carboxylic acids is 2. The first-order valence-electron chi connectivity index (χ1n) is 8.51. The number of hydrogen-bond donors (Lipinski definition) is 0. The molecule has 5 nitrogen and oxygen atoms in total. The Labute approximate surface area is 161 Å². The lowest BCUT2D eigenvalue weighted by Crippen LogP contribution is -2.22. The minimum atomic E-state index is -1.22. The van der Waals surface area contributed by atoms with Gasteiger partial charge >= 0.3 is 0 Å². The van der Waals surface area contributed by atoms with Gasteiger partial charge in [0.05, 0.1) is 22.1 Å². The molecule has 3 aromatic rings. The van der Waals surface area contributed by atoms with Crippen molar-refractivity contribution in [1.82, 2.24) is 4.98 Å². The summed E-state index contributed by atoms with van der Waals surface area (Å²) in [5.74, 6) is -1.02. The van der Waals surface area contributed by atoms with Crippen molar-refractivity contribution < 1.29 is 19.4 Å². The van der Waals surface area contributed by atoms with E-state index in [9.17, 15) is 14.7 Å². The van der Waals surface area contributed by atoms with Crippen LogP contribution in [-0.2, 0) is 13.0 Å². The third-order valence-electron chi connectivity index (χ3n) is 4.14. The molecule has 6 heteroatoms. The summed E-state index contributed by atoms with van der Waals surface area (Å²) in [5, 5.41) is 12.8. The van der Waals surface area contributed by atoms with E-state index in [2.05, 4.69) is 4.98 Å². The van der Waals surface area contributed by atoms with Crippen LogP contribution in [0.4, 0.5) is 0 Å². The molecule has 1 aromatic carbocycles. The number of aryl methyl sites for hydroxylation is 1. The summed E-state index contributed by atoms with van der Waals surface area (Å²) >= 11 is 1.57. The van der Waals surface area contributed by atoms with Gasteiger partial charge in [0.1, 0.15) is 6.61 Å². The lowest BCUT2D eigenvalue weighted by Gasteiger charge is -2.14. The molecule has 3 rings (SSSR count). The van der Waals surface area contributed by atoms with Gasteiger partial charge in [0, 0.05) is 0 Å². The average molecular weight is 380 g/mol. The van der Waals surface area contributed by atoms with Gasteiger partial charge in [-0.25, -0.2) is 4.98 Å². The van der Waals surface area contributed by atoms with E-state index < -0.39 is 5.97 Å². The second-order valence-corrected chi connectivity index (χ2v) is 6.95. The van der Waals surface area contributed by atoms with E-state index in [0.29, 0.717) is 17.9 Å². The highest BCUT2D eigenvalue weighted by atomic mass is 32.1. The SMILES string of the molecule is CCc1cc(-c2cccs2)nc(OCc2ccc(C(=O)[O-])cc2)c1C(C)=O. The summed E-state index contributed by atoms with van der Waals surface area (Å²) in [6.07, 6.45) is 0.687. The zero-order valence-corrected chi connectivity index (χ0v) is 15.8. The van der Waals surface area contributed by atoms with Gasteiger partial charge in [-0.05, 0) is 47.5 Å². The Bertz CT molecular complexity index is 963. The van der Waals surface area contributed by atoms with Gasteiger partial charge in [0.25, 0.3) is 0 Å². The number of ketones is 1. The second-order valence-electron chi connectivity index (χ2n) is 6.01. The Morgan fingerprint density at radius 2 is 1.93 bits per heavy atom. The number of carboxylic acid groups (broad SMARTS) is 1. The van der Waals surface area contributed by atoms with E-state index in [1.54, 1.807) is 23.5 Å². The Hall–Kier alpha value is -2.99. The first kappa shape index (κ1) is 18.8. The van der Waals surface area contributed by atoms with Gasteiger partial charge in [-0.3, -0.25) is 4.79 Å². The highest BCUT2D eigenvalue weighted by molar-refractivity contribution is 7.13. The summed E-state index contributed by atoms with van der Waals surface area (Å²) in [5.41, 5.74) is 3.03. The van der Waals surface area contributed by atoms with E-state index >= 15 is 0 Å². The Balaban J connectivity index is 1.93. The highest BCUT2D eigenvalue weighted by Crippen LogP contribution is 2.30. The maximum atomic E-state index is 12.2. The summed E-state index contributed by atoms with van der Waals surface area (Å²) in [6, 6.07) is 12.1. The van der Waals surface area contributed by atoms with Gasteiger partial charge < -0.3 is 14.6 Å². The van der Waals surface area contributed by atoms with Crippen molar-refractivity contribution in [3.63, 3.8) is 0 Å². The van der Waals surface area contributed by atoms with Crippen LogP contribution in [0.1, 0.15) is 45.7 Å². The predicted octanol–water partition coefficient (Wildman–Crippen LogP) is 3.52. The van der Waals surface area contributed by atoms with Crippen LogP contribution >= 0.6 is 11.3 Å². The Morgan fingerprint density at radius 3 is 2.48 bits per heavy atom. The van der Waals surface area contributed by atoms with Crippen LogP contribution in [0.2, 0.25) is 0 Å². The van der Waals surface area contributed by atoms with Crippen LogP contribution in [-0.4, -0.2) is 16.7 Å². The molecule has 0 unspecified atom stereocenters. The number of rotatable bonds is 7. The Kier molecular flexibility index (Phi) is 5.66. The number of nitrogens with zero attached hydrogens (tertiary/aromatic N) is 1. The average Bonchev–Trinajstić information content (AvgIpc) is 3.20. The number of Topliss-reactive ketones (excluding diaryl/α,β-unsaturated/α-hetero) is 1. The second kappa shape index (κ2) is 8.14. The molecule has 0 saturated carbocycles. The van der Waals surface area contributed by atoms with E-state index in [1.165, 1.54) is 19.1 Å². The van der Waals surface area contributed by atoms with Crippen molar-refractivity contribution in [2.24, 2.45) is 0 Å². The number of thiophene rings is 1. The number of pyridine rings is 1. The molecule has 0 aliphatic carbocycles. The molecule has 0 fully saturated rings. The fourth-order valence-corrected chi connectivity index (χ4v) is 3.46. The van der Waals surface area contributed by atoms with Crippen LogP contribution in [0, 0.1) is 0 Å². The highest BCUT2D eigenvalue weighted by Gasteiger charge is 2.18. The zero-order chi connectivity index (χ0) is 19.4. The fraction of sp³-hybridized carbons (Fsp3) is 0.190. The normalized spacial score (nSPS) is 10.6. The zero-order valence-electron chi connectivity index (χ0n) is 15.0. The van der Waals surface area contributed by atoms with Crippen molar-refractivity contribution in [3.8, 4) is 16.5 Å². The lowest BCUT2D eigenvalue weighted by atomic mass is 10.0. The first-order chi connectivity index (χ1) is 13.0.